The minimum Gasteiger partial charge on any atom is -0.461 e. The molecule has 24 heavy (non-hydrogen) atoms. The highest BCUT2D eigenvalue weighted by molar-refractivity contribution is 5.79. The number of carbonyl (C=O) groups is 1. The second-order valence-corrected chi connectivity index (χ2v) is 8.10. The summed E-state index contributed by atoms with van der Waals surface area (Å²) in [6.07, 6.45) is 3.58. The molecule has 1 aromatic rings. The first-order chi connectivity index (χ1) is 11.5. The molecule has 0 bridgehead atoms. The predicted molar refractivity (Wildman–Crippen MR) is 96.6 cm³/mol. The van der Waals surface area contributed by atoms with Gasteiger partial charge in [0.25, 0.3) is 0 Å². The SMILES string of the molecule is CC(C)C1CC[C@H](C)C[C@@H]1OC(=O)[C@H]1CN1[C@H](C)c1ccccc1. The third kappa shape index (κ3) is 3.83. The highest BCUT2D eigenvalue weighted by Crippen LogP contribution is 2.37. The molecule has 1 saturated carbocycles. The van der Waals surface area contributed by atoms with E-state index in [4.69, 9.17) is 4.74 Å². The quantitative estimate of drug-likeness (QED) is 0.591. The van der Waals surface area contributed by atoms with Gasteiger partial charge in [-0.15, -0.1) is 0 Å². The van der Waals surface area contributed by atoms with E-state index in [-0.39, 0.29) is 24.2 Å². The fraction of sp³-hybridized carbons (Fsp3) is 0.667. The molecule has 1 saturated heterocycles. The van der Waals surface area contributed by atoms with Crippen molar-refractivity contribution < 1.29 is 9.53 Å². The molecule has 132 valence electrons. The number of rotatable bonds is 5. The Bertz CT molecular complexity index is 556. The molecule has 2 fully saturated rings. The first-order valence-electron chi connectivity index (χ1n) is 9.48. The van der Waals surface area contributed by atoms with E-state index in [0.717, 1.165) is 13.0 Å². The van der Waals surface area contributed by atoms with Crippen molar-refractivity contribution in [1.29, 1.82) is 0 Å². The molecule has 1 heterocycles. The molecule has 3 nitrogen and oxygen atoms in total. The van der Waals surface area contributed by atoms with Gasteiger partial charge in [-0.25, -0.2) is 0 Å². The average molecular weight is 329 g/mol. The van der Waals surface area contributed by atoms with Gasteiger partial charge < -0.3 is 4.74 Å². The highest BCUT2D eigenvalue weighted by Gasteiger charge is 2.46. The van der Waals surface area contributed by atoms with Crippen LogP contribution in [0.15, 0.2) is 30.3 Å². The number of hydrogen-bond acceptors (Lipinski definition) is 3. The van der Waals surface area contributed by atoms with Crippen LogP contribution < -0.4 is 0 Å². The average Bonchev–Trinajstić information content (AvgIpc) is 3.35. The van der Waals surface area contributed by atoms with Crippen LogP contribution in [0.5, 0.6) is 0 Å². The van der Waals surface area contributed by atoms with Gasteiger partial charge in [0.1, 0.15) is 12.1 Å². The minimum absolute atomic E-state index is 0.0115. The summed E-state index contributed by atoms with van der Waals surface area (Å²) in [6.45, 7) is 9.77. The molecule has 0 radical (unpaired) electrons. The Kier molecular flexibility index (Phi) is 5.29. The molecule has 2 aliphatic rings. The molecule has 0 N–H and O–H groups in total. The van der Waals surface area contributed by atoms with Gasteiger partial charge in [0.15, 0.2) is 0 Å². The van der Waals surface area contributed by atoms with Crippen LogP contribution in [0.4, 0.5) is 0 Å². The molecular weight excluding hydrogens is 298 g/mol. The van der Waals surface area contributed by atoms with Crippen LogP contribution in [0, 0.1) is 17.8 Å². The lowest BCUT2D eigenvalue weighted by molar-refractivity contribution is -0.156. The Morgan fingerprint density at radius 3 is 2.54 bits per heavy atom. The number of ether oxygens (including phenoxy) is 1. The smallest absolute Gasteiger partial charge is 0.325 e. The van der Waals surface area contributed by atoms with Gasteiger partial charge in [0.05, 0.1) is 0 Å². The van der Waals surface area contributed by atoms with Crippen LogP contribution in [0.25, 0.3) is 0 Å². The maximum Gasteiger partial charge on any atom is 0.325 e. The fourth-order valence-corrected chi connectivity index (χ4v) is 4.19. The second-order valence-electron chi connectivity index (χ2n) is 8.10. The van der Waals surface area contributed by atoms with Crippen LogP contribution in [0.1, 0.15) is 58.6 Å². The first-order valence-corrected chi connectivity index (χ1v) is 9.48. The van der Waals surface area contributed by atoms with E-state index < -0.39 is 0 Å². The number of esters is 1. The van der Waals surface area contributed by atoms with Gasteiger partial charge in [-0.2, -0.15) is 0 Å². The Morgan fingerprint density at radius 2 is 1.88 bits per heavy atom. The molecule has 1 aliphatic heterocycles. The van der Waals surface area contributed by atoms with Gasteiger partial charge in [-0.1, -0.05) is 57.5 Å². The number of hydrogen-bond donors (Lipinski definition) is 0. The van der Waals surface area contributed by atoms with Gasteiger partial charge in [-0.05, 0) is 43.1 Å². The second kappa shape index (κ2) is 7.26. The van der Waals surface area contributed by atoms with Crippen LogP contribution in [0.3, 0.4) is 0 Å². The van der Waals surface area contributed by atoms with E-state index in [2.05, 4.69) is 56.9 Å². The van der Waals surface area contributed by atoms with Crippen molar-refractivity contribution in [1.82, 2.24) is 4.90 Å². The summed E-state index contributed by atoms with van der Waals surface area (Å²) in [5.74, 6) is 1.75. The largest absolute Gasteiger partial charge is 0.461 e. The van der Waals surface area contributed by atoms with Crippen molar-refractivity contribution in [3.63, 3.8) is 0 Å². The van der Waals surface area contributed by atoms with E-state index in [1.54, 1.807) is 0 Å². The van der Waals surface area contributed by atoms with Gasteiger partial charge in [0, 0.05) is 12.6 Å². The summed E-state index contributed by atoms with van der Waals surface area (Å²) in [5.41, 5.74) is 1.26. The highest BCUT2D eigenvalue weighted by atomic mass is 16.5. The zero-order valence-electron chi connectivity index (χ0n) is 15.4. The minimum atomic E-state index is -0.0507. The standard InChI is InChI=1S/C21H31NO2/c1-14(2)18-11-10-15(3)12-20(18)24-21(23)19-13-22(19)16(4)17-8-6-5-7-9-17/h5-9,14-16,18-20H,10-13H2,1-4H3/t15-,16+,18?,19+,20-,22?/m0/s1. The Balaban J connectivity index is 1.57. The van der Waals surface area contributed by atoms with Crippen molar-refractivity contribution in [2.75, 3.05) is 6.54 Å². The molecule has 3 heteroatoms. The van der Waals surface area contributed by atoms with Crippen molar-refractivity contribution in [2.24, 2.45) is 17.8 Å². The number of benzene rings is 1. The Morgan fingerprint density at radius 1 is 1.17 bits per heavy atom. The van der Waals surface area contributed by atoms with Crippen LogP contribution in [-0.2, 0) is 9.53 Å². The van der Waals surface area contributed by atoms with Crippen molar-refractivity contribution in [3.05, 3.63) is 35.9 Å². The lowest BCUT2D eigenvalue weighted by Gasteiger charge is -2.36. The van der Waals surface area contributed by atoms with Crippen LogP contribution in [0.2, 0.25) is 0 Å². The predicted octanol–water partition coefficient (Wildman–Crippen LogP) is 4.44. The van der Waals surface area contributed by atoms with Gasteiger partial charge >= 0.3 is 5.97 Å². The summed E-state index contributed by atoms with van der Waals surface area (Å²) in [5, 5.41) is 0. The zero-order valence-corrected chi connectivity index (χ0v) is 15.4. The zero-order chi connectivity index (χ0) is 17.3. The van der Waals surface area contributed by atoms with Crippen molar-refractivity contribution in [2.45, 2.75) is 65.1 Å². The normalized spacial score (nSPS) is 34.0. The first kappa shape index (κ1) is 17.5. The number of nitrogens with zero attached hydrogens (tertiary/aromatic N) is 1. The molecule has 0 amide bonds. The van der Waals surface area contributed by atoms with Gasteiger partial charge in [-0.3, -0.25) is 9.69 Å². The summed E-state index contributed by atoms with van der Waals surface area (Å²) < 4.78 is 6.00. The fourth-order valence-electron chi connectivity index (χ4n) is 4.19. The third-order valence-corrected chi connectivity index (χ3v) is 5.93. The van der Waals surface area contributed by atoms with E-state index in [1.807, 2.05) is 6.07 Å². The van der Waals surface area contributed by atoms with E-state index in [1.165, 1.54) is 18.4 Å². The lowest BCUT2D eigenvalue weighted by atomic mass is 9.75. The molecular formula is C21H31NO2. The Hall–Kier alpha value is -1.35. The lowest BCUT2D eigenvalue weighted by Crippen LogP contribution is -2.37. The third-order valence-electron chi connectivity index (χ3n) is 5.93. The topological polar surface area (TPSA) is 29.3 Å². The summed E-state index contributed by atoms with van der Waals surface area (Å²) in [4.78, 5) is 14.9. The molecule has 3 rings (SSSR count). The molecule has 1 aromatic carbocycles. The van der Waals surface area contributed by atoms with E-state index >= 15 is 0 Å². The maximum absolute atomic E-state index is 12.6. The molecule has 0 spiro atoms. The van der Waals surface area contributed by atoms with Crippen LogP contribution in [-0.4, -0.2) is 29.6 Å². The van der Waals surface area contributed by atoms with Crippen molar-refractivity contribution in [3.8, 4) is 0 Å². The van der Waals surface area contributed by atoms with Crippen LogP contribution >= 0.6 is 0 Å². The molecule has 1 aliphatic carbocycles. The number of carbonyl (C=O) groups excluding carboxylic acids is 1. The summed E-state index contributed by atoms with van der Waals surface area (Å²) in [7, 11) is 0. The monoisotopic (exact) mass is 329 g/mol. The van der Waals surface area contributed by atoms with Gasteiger partial charge in [0.2, 0.25) is 0 Å². The summed E-state index contributed by atoms with van der Waals surface area (Å²) in [6, 6.07) is 10.6. The molecule has 0 aromatic heterocycles. The van der Waals surface area contributed by atoms with Crippen molar-refractivity contribution >= 4 is 5.97 Å². The Labute approximate surface area is 146 Å². The molecule has 2 unspecified atom stereocenters. The molecule has 6 atom stereocenters. The summed E-state index contributed by atoms with van der Waals surface area (Å²) >= 11 is 0. The van der Waals surface area contributed by atoms with E-state index in [9.17, 15) is 4.79 Å². The van der Waals surface area contributed by atoms with E-state index in [0.29, 0.717) is 17.8 Å². The maximum atomic E-state index is 12.6.